The summed E-state index contributed by atoms with van der Waals surface area (Å²) >= 11 is 5.89. The molecule has 0 saturated carbocycles. The summed E-state index contributed by atoms with van der Waals surface area (Å²) in [5.74, 6) is 0.0986. The number of hydrogen-bond acceptors (Lipinski definition) is 4. The number of halogens is 1. The van der Waals surface area contributed by atoms with Gasteiger partial charge in [-0.3, -0.25) is 4.84 Å². The zero-order valence-electron chi connectivity index (χ0n) is 10.2. The van der Waals surface area contributed by atoms with Crippen molar-refractivity contribution in [1.29, 1.82) is 0 Å². The number of ether oxygens (including phenoxy) is 1. The fourth-order valence-electron chi connectivity index (χ4n) is 1.82. The van der Waals surface area contributed by atoms with Crippen molar-refractivity contribution in [2.75, 3.05) is 38.8 Å². The van der Waals surface area contributed by atoms with E-state index in [1.165, 1.54) is 0 Å². The van der Waals surface area contributed by atoms with E-state index in [2.05, 4.69) is 0 Å². The third-order valence-corrected chi connectivity index (χ3v) is 3.43. The predicted octanol–water partition coefficient (Wildman–Crippen LogP) is 1.38. The standard InChI is InChI=1S/C13H18ClNO3/c14-10-13(16,12-4-2-1-3-5-12)11-18-15-6-8-17-9-7-15/h1-5,16H,6-11H2. The van der Waals surface area contributed by atoms with Crippen molar-refractivity contribution in [1.82, 2.24) is 5.06 Å². The van der Waals surface area contributed by atoms with Crippen LogP contribution in [0.2, 0.25) is 0 Å². The van der Waals surface area contributed by atoms with Crippen molar-refractivity contribution >= 4 is 11.6 Å². The molecule has 0 bridgehead atoms. The summed E-state index contributed by atoms with van der Waals surface area (Å²) in [6.07, 6.45) is 0. The Kier molecular flexibility index (Phi) is 4.97. The van der Waals surface area contributed by atoms with Gasteiger partial charge in [0.15, 0.2) is 0 Å². The zero-order chi connectivity index (χ0) is 12.8. The van der Waals surface area contributed by atoms with Crippen molar-refractivity contribution in [3.63, 3.8) is 0 Å². The molecule has 1 N–H and O–H groups in total. The number of hydroxylamine groups is 2. The van der Waals surface area contributed by atoms with E-state index in [-0.39, 0.29) is 12.5 Å². The van der Waals surface area contributed by atoms with Gasteiger partial charge in [0, 0.05) is 13.1 Å². The molecular weight excluding hydrogens is 254 g/mol. The molecule has 4 nitrogen and oxygen atoms in total. The van der Waals surface area contributed by atoms with E-state index in [9.17, 15) is 5.11 Å². The third-order valence-electron chi connectivity index (χ3n) is 2.99. The van der Waals surface area contributed by atoms with Crippen LogP contribution in [0.5, 0.6) is 0 Å². The molecule has 1 unspecified atom stereocenters. The van der Waals surface area contributed by atoms with Crippen LogP contribution in [-0.4, -0.2) is 49.0 Å². The first-order valence-electron chi connectivity index (χ1n) is 6.04. The van der Waals surface area contributed by atoms with Gasteiger partial charge in [0.25, 0.3) is 0 Å². The van der Waals surface area contributed by atoms with Gasteiger partial charge in [-0.15, -0.1) is 11.6 Å². The normalized spacial score (nSPS) is 20.6. The maximum absolute atomic E-state index is 10.5. The lowest BCUT2D eigenvalue weighted by atomic mass is 9.97. The highest BCUT2D eigenvalue weighted by atomic mass is 35.5. The number of morpholine rings is 1. The molecule has 0 radical (unpaired) electrons. The van der Waals surface area contributed by atoms with Gasteiger partial charge in [0.05, 0.1) is 19.1 Å². The van der Waals surface area contributed by atoms with Gasteiger partial charge in [-0.05, 0) is 5.56 Å². The molecule has 1 aliphatic heterocycles. The highest BCUT2D eigenvalue weighted by Gasteiger charge is 2.30. The molecule has 1 heterocycles. The highest BCUT2D eigenvalue weighted by Crippen LogP contribution is 2.23. The van der Waals surface area contributed by atoms with Gasteiger partial charge in [-0.1, -0.05) is 30.3 Å². The Morgan fingerprint density at radius 1 is 1.28 bits per heavy atom. The molecule has 2 rings (SSSR count). The van der Waals surface area contributed by atoms with Crippen molar-refractivity contribution in [3.8, 4) is 0 Å². The molecule has 1 aliphatic rings. The SMILES string of the molecule is OC(CCl)(CON1CCOCC1)c1ccccc1. The third kappa shape index (κ3) is 3.43. The topological polar surface area (TPSA) is 41.9 Å². The molecular formula is C13H18ClNO3. The van der Waals surface area contributed by atoms with Gasteiger partial charge in [0.2, 0.25) is 0 Å². The largest absolute Gasteiger partial charge is 0.381 e. The minimum atomic E-state index is -1.15. The minimum absolute atomic E-state index is 0.0986. The second kappa shape index (κ2) is 6.50. The number of rotatable bonds is 5. The van der Waals surface area contributed by atoms with Gasteiger partial charge < -0.3 is 9.84 Å². The van der Waals surface area contributed by atoms with Gasteiger partial charge in [-0.2, -0.15) is 5.06 Å². The maximum atomic E-state index is 10.5. The second-order valence-corrected chi connectivity index (χ2v) is 4.61. The first-order chi connectivity index (χ1) is 8.74. The van der Waals surface area contributed by atoms with Crippen LogP contribution in [0.3, 0.4) is 0 Å². The smallest absolute Gasteiger partial charge is 0.128 e. The molecule has 0 spiro atoms. The average Bonchev–Trinajstić information content (AvgIpc) is 2.47. The van der Waals surface area contributed by atoms with Crippen LogP contribution in [0.25, 0.3) is 0 Å². The Balaban J connectivity index is 1.95. The lowest BCUT2D eigenvalue weighted by Crippen LogP contribution is -2.42. The van der Waals surface area contributed by atoms with Crippen molar-refractivity contribution < 1.29 is 14.7 Å². The van der Waals surface area contributed by atoms with Gasteiger partial charge >= 0.3 is 0 Å². The van der Waals surface area contributed by atoms with Crippen molar-refractivity contribution in [2.45, 2.75) is 5.60 Å². The molecule has 1 aromatic rings. The van der Waals surface area contributed by atoms with Crippen LogP contribution >= 0.6 is 11.6 Å². The summed E-state index contributed by atoms with van der Waals surface area (Å²) in [7, 11) is 0. The Morgan fingerprint density at radius 2 is 1.94 bits per heavy atom. The lowest BCUT2D eigenvalue weighted by Gasteiger charge is -2.31. The summed E-state index contributed by atoms with van der Waals surface area (Å²) in [6.45, 7) is 2.90. The summed E-state index contributed by atoms with van der Waals surface area (Å²) in [6, 6.07) is 9.36. The fraction of sp³-hybridized carbons (Fsp3) is 0.538. The molecule has 1 aromatic carbocycles. The lowest BCUT2D eigenvalue weighted by molar-refractivity contribution is -0.223. The summed E-state index contributed by atoms with van der Waals surface area (Å²) in [4.78, 5) is 5.61. The van der Waals surface area contributed by atoms with Crippen molar-refractivity contribution in [2.24, 2.45) is 0 Å². The first kappa shape index (κ1) is 13.8. The van der Waals surface area contributed by atoms with Crippen LogP contribution < -0.4 is 0 Å². The number of aliphatic hydroxyl groups is 1. The zero-order valence-corrected chi connectivity index (χ0v) is 11.0. The van der Waals surface area contributed by atoms with E-state index >= 15 is 0 Å². The van der Waals surface area contributed by atoms with E-state index in [1.54, 1.807) is 0 Å². The molecule has 0 aromatic heterocycles. The van der Waals surface area contributed by atoms with Crippen LogP contribution in [-0.2, 0) is 15.2 Å². The fourth-order valence-corrected chi connectivity index (χ4v) is 2.05. The Bertz CT molecular complexity index is 357. The van der Waals surface area contributed by atoms with Crippen molar-refractivity contribution in [3.05, 3.63) is 35.9 Å². The monoisotopic (exact) mass is 271 g/mol. The Hall–Kier alpha value is -0.650. The number of benzene rings is 1. The van der Waals surface area contributed by atoms with Crippen LogP contribution in [0.1, 0.15) is 5.56 Å². The first-order valence-corrected chi connectivity index (χ1v) is 6.57. The molecule has 1 fully saturated rings. The van der Waals surface area contributed by atoms with Gasteiger partial charge in [-0.25, -0.2) is 0 Å². The maximum Gasteiger partial charge on any atom is 0.128 e. The summed E-state index contributed by atoms with van der Waals surface area (Å²) in [5.41, 5.74) is -0.380. The minimum Gasteiger partial charge on any atom is -0.381 e. The van der Waals surface area contributed by atoms with E-state index in [0.29, 0.717) is 26.3 Å². The van der Waals surface area contributed by atoms with E-state index in [1.807, 2.05) is 35.4 Å². The van der Waals surface area contributed by atoms with Crippen LogP contribution in [0.15, 0.2) is 30.3 Å². The van der Waals surface area contributed by atoms with E-state index < -0.39 is 5.60 Å². The quantitative estimate of drug-likeness (QED) is 0.822. The average molecular weight is 272 g/mol. The highest BCUT2D eigenvalue weighted by molar-refractivity contribution is 6.18. The second-order valence-electron chi connectivity index (χ2n) is 4.35. The number of alkyl halides is 1. The summed E-state index contributed by atoms with van der Waals surface area (Å²) in [5, 5.41) is 12.3. The molecule has 1 atom stereocenters. The van der Waals surface area contributed by atoms with Crippen LogP contribution in [0, 0.1) is 0 Å². The Morgan fingerprint density at radius 3 is 2.56 bits per heavy atom. The predicted molar refractivity (Wildman–Crippen MR) is 69.4 cm³/mol. The number of nitrogens with zero attached hydrogens (tertiary/aromatic N) is 1. The van der Waals surface area contributed by atoms with E-state index in [0.717, 1.165) is 5.56 Å². The molecule has 100 valence electrons. The van der Waals surface area contributed by atoms with Gasteiger partial charge in [0.1, 0.15) is 12.2 Å². The number of hydrogen-bond donors (Lipinski definition) is 1. The van der Waals surface area contributed by atoms with Crippen LogP contribution in [0.4, 0.5) is 0 Å². The molecule has 0 aliphatic carbocycles. The molecule has 18 heavy (non-hydrogen) atoms. The summed E-state index contributed by atoms with van der Waals surface area (Å²) < 4.78 is 5.23. The molecule has 0 amide bonds. The molecule has 5 heteroatoms. The molecule has 1 saturated heterocycles. The Labute approximate surface area is 112 Å². The van der Waals surface area contributed by atoms with E-state index in [4.69, 9.17) is 21.2 Å².